The summed E-state index contributed by atoms with van der Waals surface area (Å²) in [6, 6.07) is 9.89. The monoisotopic (exact) mass is 271 g/mol. The summed E-state index contributed by atoms with van der Waals surface area (Å²) in [6.45, 7) is 2.23. The third kappa shape index (κ3) is 2.36. The quantitative estimate of drug-likeness (QED) is 0.933. The summed E-state index contributed by atoms with van der Waals surface area (Å²) in [6.07, 6.45) is 6.66. The van der Waals surface area contributed by atoms with Crippen molar-refractivity contribution in [3.63, 3.8) is 0 Å². The molecule has 0 radical (unpaired) electrons. The lowest BCUT2D eigenvalue weighted by Gasteiger charge is -2.35. The standard InChI is InChI=1S/C16H21N3O/c1-2-13-8-10-16(20,11-9-13)15-12-17-18-19(15)14-6-4-3-5-7-14/h3-7,12-13,20H,2,8-11H2,1H3. The van der Waals surface area contributed by atoms with Gasteiger partial charge < -0.3 is 5.11 Å². The van der Waals surface area contributed by atoms with E-state index in [0.29, 0.717) is 0 Å². The molecule has 1 aliphatic rings. The first-order valence-corrected chi connectivity index (χ1v) is 7.42. The summed E-state index contributed by atoms with van der Waals surface area (Å²) in [5, 5.41) is 19.1. The van der Waals surface area contributed by atoms with E-state index < -0.39 is 5.60 Å². The summed E-state index contributed by atoms with van der Waals surface area (Å²) in [7, 11) is 0. The zero-order valence-corrected chi connectivity index (χ0v) is 11.9. The predicted molar refractivity (Wildman–Crippen MR) is 77.5 cm³/mol. The third-order valence-corrected chi connectivity index (χ3v) is 4.54. The van der Waals surface area contributed by atoms with E-state index in [9.17, 15) is 5.11 Å². The molecule has 0 bridgehead atoms. The van der Waals surface area contributed by atoms with E-state index in [2.05, 4.69) is 17.2 Å². The van der Waals surface area contributed by atoms with E-state index in [4.69, 9.17) is 0 Å². The Kier molecular flexibility index (Phi) is 3.57. The van der Waals surface area contributed by atoms with Gasteiger partial charge in [-0.3, -0.25) is 0 Å². The average molecular weight is 271 g/mol. The second-order valence-corrected chi connectivity index (χ2v) is 5.75. The number of benzene rings is 1. The number of hydrogen-bond acceptors (Lipinski definition) is 3. The van der Waals surface area contributed by atoms with Crippen molar-refractivity contribution in [3.8, 4) is 5.69 Å². The molecule has 106 valence electrons. The summed E-state index contributed by atoms with van der Waals surface area (Å²) in [4.78, 5) is 0. The van der Waals surface area contributed by atoms with Gasteiger partial charge in [-0.25, -0.2) is 4.68 Å². The first-order valence-electron chi connectivity index (χ1n) is 7.42. The van der Waals surface area contributed by atoms with Gasteiger partial charge in [0.05, 0.1) is 17.6 Å². The van der Waals surface area contributed by atoms with Crippen molar-refractivity contribution < 1.29 is 5.11 Å². The maximum absolute atomic E-state index is 11.0. The molecule has 4 nitrogen and oxygen atoms in total. The van der Waals surface area contributed by atoms with E-state index in [1.54, 1.807) is 10.9 Å². The van der Waals surface area contributed by atoms with E-state index >= 15 is 0 Å². The van der Waals surface area contributed by atoms with Gasteiger partial charge in [0.1, 0.15) is 5.60 Å². The van der Waals surface area contributed by atoms with Crippen LogP contribution < -0.4 is 0 Å². The van der Waals surface area contributed by atoms with Crippen molar-refractivity contribution in [1.82, 2.24) is 15.0 Å². The molecule has 0 spiro atoms. The van der Waals surface area contributed by atoms with E-state index in [-0.39, 0.29) is 0 Å². The van der Waals surface area contributed by atoms with E-state index in [1.807, 2.05) is 30.3 Å². The van der Waals surface area contributed by atoms with Gasteiger partial charge in [0.2, 0.25) is 0 Å². The molecule has 0 aliphatic heterocycles. The molecule has 0 unspecified atom stereocenters. The fourth-order valence-electron chi connectivity index (χ4n) is 3.13. The molecule has 1 aromatic carbocycles. The van der Waals surface area contributed by atoms with Crippen LogP contribution in [0.1, 0.15) is 44.7 Å². The van der Waals surface area contributed by atoms with Crippen LogP contribution in [-0.2, 0) is 5.60 Å². The van der Waals surface area contributed by atoms with Crippen LogP contribution in [0.25, 0.3) is 5.69 Å². The molecule has 1 saturated carbocycles. The van der Waals surface area contributed by atoms with E-state index in [0.717, 1.165) is 43.0 Å². The molecule has 1 N–H and O–H groups in total. The topological polar surface area (TPSA) is 50.9 Å². The molecular weight excluding hydrogens is 250 g/mol. The highest BCUT2D eigenvalue weighted by Gasteiger charge is 2.37. The van der Waals surface area contributed by atoms with Crippen molar-refractivity contribution in [2.24, 2.45) is 5.92 Å². The van der Waals surface area contributed by atoms with Gasteiger partial charge in [-0.1, -0.05) is 36.8 Å². The third-order valence-electron chi connectivity index (χ3n) is 4.54. The summed E-state index contributed by atoms with van der Waals surface area (Å²) in [5.74, 6) is 0.747. The van der Waals surface area contributed by atoms with Crippen molar-refractivity contribution >= 4 is 0 Å². The normalized spacial score (nSPS) is 26.6. The number of aromatic nitrogens is 3. The zero-order valence-electron chi connectivity index (χ0n) is 11.9. The number of nitrogens with zero attached hydrogens (tertiary/aromatic N) is 3. The molecule has 4 heteroatoms. The SMILES string of the molecule is CCC1CCC(O)(c2cnnn2-c2ccccc2)CC1. The maximum Gasteiger partial charge on any atom is 0.108 e. The van der Waals surface area contributed by atoms with Crippen LogP contribution in [-0.4, -0.2) is 20.1 Å². The second kappa shape index (κ2) is 5.37. The zero-order chi connectivity index (χ0) is 14.0. The minimum absolute atomic E-state index is 0.747. The lowest BCUT2D eigenvalue weighted by Crippen LogP contribution is -2.33. The Bertz CT molecular complexity index is 556. The van der Waals surface area contributed by atoms with Crippen LogP contribution in [0.5, 0.6) is 0 Å². The van der Waals surface area contributed by atoms with Gasteiger partial charge in [-0.2, -0.15) is 0 Å². The summed E-state index contributed by atoms with van der Waals surface area (Å²) in [5.41, 5.74) is 0.981. The molecule has 3 rings (SSSR count). The number of aliphatic hydroxyl groups is 1. The average Bonchev–Trinajstić information content (AvgIpc) is 2.99. The van der Waals surface area contributed by atoms with Crippen molar-refractivity contribution in [2.75, 3.05) is 0 Å². The van der Waals surface area contributed by atoms with Gasteiger partial charge >= 0.3 is 0 Å². The summed E-state index contributed by atoms with van der Waals surface area (Å²) >= 11 is 0. The van der Waals surface area contributed by atoms with Gasteiger partial charge in [-0.05, 0) is 43.7 Å². The van der Waals surface area contributed by atoms with Gasteiger partial charge in [-0.15, -0.1) is 5.10 Å². The molecule has 0 atom stereocenters. The minimum Gasteiger partial charge on any atom is -0.383 e. The fourth-order valence-corrected chi connectivity index (χ4v) is 3.13. The first-order chi connectivity index (χ1) is 9.73. The number of hydrogen-bond donors (Lipinski definition) is 1. The largest absolute Gasteiger partial charge is 0.383 e. The molecule has 1 fully saturated rings. The number of para-hydroxylation sites is 1. The summed E-state index contributed by atoms with van der Waals surface area (Å²) < 4.78 is 1.77. The van der Waals surface area contributed by atoms with Crippen molar-refractivity contribution in [3.05, 3.63) is 42.2 Å². The van der Waals surface area contributed by atoms with Crippen LogP contribution in [0.15, 0.2) is 36.5 Å². The molecule has 1 heterocycles. The van der Waals surface area contributed by atoms with Crippen molar-refractivity contribution in [2.45, 2.75) is 44.6 Å². The first kappa shape index (κ1) is 13.3. The van der Waals surface area contributed by atoms with Crippen LogP contribution >= 0.6 is 0 Å². The lowest BCUT2D eigenvalue weighted by molar-refractivity contribution is -0.0202. The molecule has 0 amide bonds. The fraction of sp³-hybridized carbons (Fsp3) is 0.500. The Morgan fingerprint density at radius 1 is 1.25 bits per heavy atom. The van der Waals surface area contributed by atoms with Gasteiger partial charge in [0, 0.05) is 0 Å². The molecule has 1 aromatic heterocycles. The van der Waals surface area contributed by atoms with Crippen LogP contribution in [0.3, 0.4) is 0 Å². The highest BCUT2D eigenvalue weighted by atomic mass is 16.3. The Morgan fingerprint density at radius 2 is 1.95 bits per heavy atom. The van der Waals surface area contributed by atoms with E-state index in [1.165, 1.54) is 6.42 Å². The van der Waals surface area contributed by atoms with Crippen LogP contribution in [0, 0.1) is 5.92 Å². The van der Waals surface area contributed by atoms with Crippen LogP contribution in [0.4, 0.5) is 0 Å². The second-order valence-electron chi connectivity index (χ2n) is 5.75. The molecule has 0 saturated heterocycles. The molecular formula is C16H21N3O. The Balaban J connectivity index is 1.90. The predicted octanol–water partition coefficient (Wildman–Crippen LogP) is 3.06. The Labute approximate surface area is 119 Å². The molecule has 20 heavy (non-hydrogen) atoms. The lowest BCUT2D eigenvalue weighted by atomic mass is 9.76. The highest BCUT2D eigenvalue weighted by Crippen LogP contribution is 2.40. The Hall–Kier alpha value is -1.68. The number of rotatable bonds is 3. The minimum atomic E-state index is -0.787. The van der Waals surface area contributed by atoms with Crippen LogP contribution in [0.2, 0.25) is 0 Å². The van der Waals surface area contributed by atoms with Gasteiger partial charge in [0.25, 0.3) is 0 Å². The van der Waals surface area contributed by atoms with Crippen molar-refractivity contribution in [1.29, 1.82) is 0 Å². The smallest absolute Gasteiger partial charge is 0.108 e. The maximum atomic E-state index is 11.0. The molecule has 2 aromatic rings. The molecule has 1 aliphatic carbocycles. The van der Waals surface area contributed by atoms with Gasteiger partial charge in [0.15, 0.2) is 0 Å². The highest BCUT2D eigenvalue weighted by molar-refractivity contribution is 5.33. The Morgan fingerprint density at radius 3 is 2.60 bits per heavy atom.